The molecule has 4 rings (SSSR count). The second kappa shape index (κ2) is 9.60. The molecule has 0 spiro atoms. The molecule has 0 fully saturated rings. The van der Waals surface area contributed by atoms with Crippen molar-refractivity contribution in [3.8, 4) is 5.75 Å². The zero-order chi connectivity index (χ0) is 22.5. The summed E-state index contributed by atoms with van der Waals surface area (Å²) >= 11 is 0. The fourth-order valence-corrected chi connectivity index (χ4v) is 4.00. The molecule has 2 N–H and O–H groups in total. The SMILES string of the molecule is COc1ccc(CC(=O)NCC(c2ccc(N(C)C)cc2)c2c[nH]c3ccccc23)cc1. The molecule has 0 saturated heterocycles. The number of carbonyl (C=O) groups is 1. The maximum absolute atomic E-state index is 12.7. The van der Waals surface area contributed by atoms with Crippen molar-refractivity contribution in [3.05, 3.63) is 95.7 Å². The van der Waals surface area contributed by atoms with Gasteiger partial charge in [-0.2, -0.15) is 0 Å². The summed E-state index contributed by atoms with van der Waals surface area (Å²) in [7, 11) is 5.70. The molecule has 0 radical (unpaired) electrons. The third-order valence-electron chi connectivity index (χ3n) is 5.84. The highest BCUT2D eigenvalue weighted by molar-refractivity contribution is 5.84. The Morgan fingerprint density at radius 1 is 1.00 bits per heavy atom. The van der Waals surface area contributed by atoms with E-state index in [4.69, 9.17) is 4.74 Å². The molecule has 0 bridgehead atoms. The molecule has 1 heterocycles. The van der Waals surface area contributed by atoms with Crippen LogP contribution in [-0.4, -0.2) is 38.6 Å². The van der Waals surface area contributed by atoms with Gasteiger partial charge in [-0.3, -0.25) is 4.79 Å². The van der Waals surface area contributed by atoms with Crippen LogP contribution in [0.5, 0.6) is 5.75 Å². The van der Waals surface area contributed by atoms with Crippen molar-refractivity contribution in [2.45, 2.75) is 12.3 Å². The number of amides is 1. The quantitative estimate of drug-likeness (QED) is 0.427. The molecule has 1 amide bonds. The molecule has 3 aromatic carbocycles. The second-order valence-corrected chi connectivity index (χ2v) is 8.16. The maximum atomic E-state index is 12.7. The van der Waals surface area contributed by atoms with E-state index in [0.717, 1.165) is 22.5 Å². The number of para-hydroxylation sites is 1. The topological polar surface area (TPSA) is 57.4 Å². The number of hydrogen-bond acceptors (Lipinski definition) is 3. The van der Waals surface area contributed by atoms with Crippen molar-refractivity contribution in [3.63, 3.8) is 0 Å². The van der Waals surface area contributed by atoms with E-state index < -0.39 is 0 Å². The minimum atomic E-state index is 0.00456. The van der Waals surface area contributed by atoms with E-state index in [2.05, 4.69) is 57.8 Å². The van der Waals surface area contributed by atoms with Crippen LogP contribution in [0.3, 0.4) is 0 Å². The number of nitrogens with one attached hydrogen (secondary N) is 2. The minimum absolute atomic E-state index is 0.00456. The number of fused-ring (bicyclic) bond motifs is 1. The Morgan fingerprint density at radius 3 is 2.41 bits per heavy atom. The first-order valence-corrected chi connectivity index (χ1v) is 10.8. The summed E-state index contributed by atoms with van der Waals surface area (Å²) in [6.07, 6.45) is 2.40. The van der Waals surface area contributed by atoms with Crippen LogP contribution in [0.1, 0.15) is 22.6 Å². The molecule has 5 heteroatoms. The molecule has 0 aliphatic heterocycles. The van der Waals surface area contributed by atoms with Crippen LogP contribution in [0.15, 0.2) is 79.0 Å². The highest BCUT2D eigenvalue weighted by Crippen LogP contribution is 2.31. The van der Waals surface area contributed by atoms with Gasteiger partial charge in [0.2, 0.25) is 5.91 Å². The zero-order valence-corrected chi connectivity index (χ0v) is 18.8. The summed E-state index contributed by atoms with van der Waals surface area (Å²) in [5, 5.41) is 4.33. The van der Waals surface area contributed by atoms with E-state index in [1.807, 2.05) is 50.5 Å². The van der Waals surface area contributed by atoms with Crippen LogP contribution < -0.4 is 15.0 Å². The molecule has 164 valence electrons. The van der Waals surface area contributed by atoms with Crippen molar-refractivity contribution in [1.29, 1.82) is 0 Å². The Kier molecular flexibility index (Phi) is 6.45. The number of aromatic amines is 1. The molecule has 4 aromatic rings. The van der Waals surface area contributed by atoms with Crippen LogP contribution in [-0.2, 0) is 11.2 Å². The average Bonchev–Trinajstić information content (AvgIpc) is 3.24. The highest BCUT2D eigenvalue weighted by Gasteiger charge is 2.19. The van der Waals surface area contributed by atoms with Crippen LogP contribution in [0, 0.1) is 0 Å². The molecular weight excluding hydrogens is 398 g/mol. The number of methoxy groups -OCH3 is 1. The summed E-state index contributed by atoms with van der Waals surface area (Å²) in [6, 6.07) is 24.4. The predicted molar refractivity (Wildman–Crippen MR) is 131 cm³/mol. The van der Waals surface area contributed by atoms with E-state index in [0.29, 0.717) is 13.0 Å². The second-order valence-electron chi connectivity index (χ2n) is 8.16. The molecule has 0 saturated carbocycles. The molecule has 1 unspecified atom stereocenters. The van der Waals surface area contributed by atoms with Crippen LogP contribution in [0.25, 0.3) is 10.9 Å². The number of hydrogen-bond donors (Lipinski definition) is 2. The van der Waals surface area contributed by atoms with Crippen LogP contribution in [0.2, 0.25) is 0 Å². The number of carbonyl (C=O) groups excluding carboxylic acids is 1. The van der Waals surface area contributed by atoms with E-state index >= 15 is 0 Å². The highest BCUT2D eigenvalue weighted by atomic mass is 16.5. The van der Waals surface area contributed by atoms with Crippen molar-refractivity contribution in [2.24, 2.45) is 0 Å². The van der Waals surface area contributed by atoms with Gasteiger partial charge in [0.15, 0.2) is 0 Å². The monoisotopic (exact) mass is 427 g/mol. The molecule has 0 aliphatic rings. The smallest absolute Gasteiger partial charge is 0.224 e. The standard InChI is InChI=1S/C27H29N3O2/c1-30(2)21-12-10-20(11-13-21)24(25-18-28-26-7-5-4-6-23(25)26)17-29-27(31)16-19-8-14-22(32-3)15-9-19/h4-15,18,24,28H,16-17H2,1-3H3,(H,29,31). The van der Waals surface area contributed by atoms with Crippen molar-refractivity contribution in [2.75, 3.05) is 32.6 Å². The van der Waals surface area contributed by atoms with Crippen molar-refractivity contribution in [1.82, 2.24) is 10.3 Å². The number of benzene rings is 3. The lowest BCUT2D eigenvalue weighted by molar-refractivity contribution is -0.120. The lowest BCUT2D eigenvalue weighted by Crippen LogP contribution is -2.30. The Labute approximate surface area is 189 Å². The van der Waals surface area contributed by atoms with Gasteiger partial charge in [0.1, 0.15) is 5.75 Å². The Morgan fingerprint density at radius 2 is 1.72 bits per heavy atom. The van der Waals surface area contributed by atoms with Gasteiger partial charge in [-0.05, 0) is 47.0 Å². The first kappa shape index (κ1) is 21.5. The molecule has 0 aliphatic carbocycles. The summed E-state index contributed by atoms with van der Waals surface area (Å²) in [4.78, 5) is 18.2. The predicted octanol–water partition coefficient (Wildman–Crippen LogP) is 4.73. The van der Waals surface area contributed by atoms with Gasteiger partial charge in [0, 0.05) is 49.3 Å². The third-order valence-corrected chi connectivity index (χ3v) is 5.84. The number of nitrogens with zero attached hydrogens (tertiary/aromatic N) is 1. The fraction of sp³-hybridized carbons (Fsp3) is 0.222. The lowest BCUT2D eigenvalue weighted by Gasteiger charge is -2.20. The normalized spacial score (nSPS) is 11.8. The van der Waals surface area contributed by atoms with Gasteiger partial charge < -0.3 is 19.9 Å². The van der Waals surface area contributed by atoms with Crippen molar-refractivity contribution >= 4 is 22.5 Å². The van der Waals surface area contributed by atoms with Gasteiger partial charge in [0.05, 0.1) is 13.5 Å². The van der Waals surface area contributed by atoms with Crippen LogP contribution in [0.4, 0.5) is 5.69 Å². The number of H-pyrrole nitrogens is 1. The summed E-state index contributed by atoms with van der Waals surface area (Å²) in [6.45, 7) is 0.526. The number of aromatic nitrogens is 1. The van der Waals surface area contributed by atoms with E-state index in [-0.39, 0.29) is 11.8 Å². The van der Waals surface area contributed by atoms with E-state index in [9.17, 15) is 4.79 Å². The first-order valence-electron chi connectivity index (χ1n) is 10.8. The zero-order valence-electron chi connectivity index (χ0n) is 18.8. The number of anilines is 1. The Balaban J connectivity index is 1.55. The van der Waals surface area contributed by atoms with E-state index in [1.54, 1.807) is 7.11 Å². The van der Waals surface area contributed by atoms with Gasteiger partial charge in [0.25, 0.3) is 0 Å². The van der Waals surface area contributed by atoms with Gasteiger partial charge in [-0.25, -0.2) is 0 Å². The number of rotatable bonds is 8. The first-order chi connectivity index (χ1) is 15.5. The molecule has 1 aromatic heterocycles. The average molecular weight is 428 g/mol. The van der Waals surface area contributed by atoms with Gasteiger partial charge in [-0.1, -0.05) is 42.5 Å². The largest absolute Gasteiger partial charge is 0.497 e. The summed E-state index contributed by atoms with van der Waals surface area (Å²) < 4.78 is 5.20. The minimum Gasteiger partial charge on any atom is -0.497 e. The van der Waals surface area contributed by atoms with Gasteiger partial charge >= 0.3 is 0 Å². The summed E-state index contributed by atoms with van der Waals surface area (Å²) in [5.41, 5.74) is 5.56. The van der Waals surface area contributed by atoms with Crippen molar-refractivity contribution < 1.29 is 9.53 Å². The van der Waals surface area contributed by atoms with Gasteiger partial charge in [-0.15, -0.1) is 0 Å². The molecule has 1 atom stereocenters. The maximum Gasteiger partial charge on any atom is 0.224 e. The molecule has 32 heavy (non-hydrogen) atoms. The van der Waals surface area contributed by atoms with Crippen LogP contribution >= 0.6 is 0 Å². The fourth-order valence-electron chi connectivity index (χ4n) is 4.00. The van der Waals surface area contributed by atoms with E-state index in [1.165, 1.54) is 16.5 Å². The third kappa shape index (κ3) is 4.78. The summed E-state index contributed by atoms with van der Waals surface area (Å²) in [5.74, 6) is 0.835. The Bertz CT molecular complexity index is 1180. The molecule has 5 nitrogen and oxygen atoms in total. The Hall–Kier alpha value is -3.73. The lowest BCUT2D eigenvalue weighted by atomic mass is 9.90. The number of ether oxygens (including phenoxy) is 1. The molecular formula is C27H29N3O2.